The van der Waals surface area contributed by atoms with Gasteiger partial charge < -0.3 is 19.8 Å². The fourth-order valence-corrected chi connectivity index (χ4v) is 1.27. The first-order chi connectivity index (χ1) is 8.52. The van der Waals surface area contributed by atoms with Crippen LogP contribution in [0.5, 0.6) is 5.88 Å². The standard InChI is InChI=1S/C10H13N3O5/c1-2-18-8-3-7(11-6-12-8)13(4-9(14)15)5-10(16)17/h3,6H,2,4-5H2,1H3,(H,14,15)(H,16,17). The molecule has 0 saturated carbocycles. The van der Waals surface area contributed by atoms with Crippen molar-refractivity contribution in [2.75, 3.05) is 24.6 Å². The highest BCUT2D eigenvalue weighted by Gasteiger charge is 2.16. The van der Waals surface area contributed by atoms with Gasteiger partial charge in [0.2, 0.25) is 5.88 Å². The minimum absolute atomic E-state index is 0.193. The number of carboxylic acids is 2. The number of aromatic nitrogens is 2. The number of carboxylic acid groups (broad SMARTS) is 2. The third-order valence-corrected chi connectivity index (χ3v) is 1.90. The number of rotatable bonds is 7. The summed E-state index contributed by atoms with van der Waals surface area (Å²) in [6.45, 7) is 1.24. The molecule has 8 nitrogen and oxygen atoms in total. The van der Waals surface area contributed by atoms with Gasteiger partial charge in [0, 0.05) is 6.07 Å². The lowest BCUT2D eigenvalue weighted by molar-refractivity contribution is -0.136. The van der Waals surface area contributed by atoms with E-state index in [4.69, 9.17) is 14.9 Å². The minimum Gasteiger partial charge on any atom is -0.480 e. The van der Waals surface area contributed by atoms with Crippen LogP contribution in [0.3, 0.4) is 0 Å². The van der Waals surface area contributed by atoms with E-state index in [1.165, 1.54) is 12.4 Å². The van der Waals surface area contributed by atoms with Gasteiger partial charge in [0.15, 0.2) is 0 Å². The van der Waals surface area contributed by atoms with E-state index in [1.54, 1.807) is 6.92 Å². The predicted molar refractivity (Wildman–Crippen MR) is 60.7 cm³/mol. The smallest absolute Gasteiger partial charge is 0.323 e. The Morgan fingerprint density at radius 3 is 2.39 bits per heavy atom. The lowest BCUT2D eigenvalue weighted by Crippen LogP contribution is -2.35. The molecular weight excluding hydrogens is 242 g/mol. The number of nitrogens with zero attached hydrogens (tertiary/aromatic N) is 3. The summed E-state index contributed by atoms with van der Waals surface area (Å²) in [6.07, 6.45) is 1.19. The Labute approximate surface area is 103 Å². The SMILES string of the molecule is CCOc1cc(N(CC(=O)O)CC(=O)O)ncn1. The molecule has 0 amide bonds. The molecule has 0 aliphatic carbocycles. The summed E-state index contributed by atoms with van der Waals surface area (Å²) >= 11 is 0. The molecule has 98 valence electrons. The lowest BCUT2D eigenvalue weighted by atomic mass is 10.4. The van der Waals surface area contributed by atoms with Crippen LogP contribution in [0.2, 0.25) is 0 Å². The highest BCUT2D eigenvalue weighted by molar-refractivity contribution is 5.78. The van der Waals surface area contributed by atoms with Gasteiger partial charge in [-0.05, 0) is 6.92 Å². The van der Waals surface area contributed by atoms with Crippen molar-refractivity contribution in [1.82, 2.24) is 9.97 Å². The molecule has 8 heteroatoms. The van der Waals surface area contributed by atoms with Gasteiger partial charge in [-0.3, -0.25) is 9.59 Å². The first-order valence-corrected chi connectivity index (χ1v) is 5.16. The largest absolute Gasteiger partial charge is 0.480 e. The second-order valence-electron chi connectivity index (χ2n) is 3.29. The number of aliphatic carboxylic acids is 2. The molecule has 0 saturated heterocycles. The van der Waals surface area contributed by atoms with E-state index in [2.05, 4.69) is 9.97 Å². The Morgan fingerprint density at radius 2 is 1.89 bits per heavy atom. The van der Waals surface area contributed by atoms with Crippen molar-refractivity contribution in [3.63, 3.8) is 0 Å². The molecule has 2 N–H and O–H groups in total. The van der Waals surface area contributed by atoms with Gasteiger partial charge in [-0.2, -0.15) is 0 Å². The monoisotopic (exact) mass is 255 g/mol. The van der Waals surface area contributed by atoms with Crippen molar-refractivity contribution in [2.45, 2.75) is 6.92 Å². The fraction of sp³-hybridized carbons (Fsp3) is 0.400. The molecule has 0 aromatic carbocycles. The second-order valence-corrected chi connectivity index (χ2v) is 3.29. The summed E-state index contributed by atoms with van der Waals surface area (Å²) in [6, 6.07) is 1.40. The summed E-state index contributed by atoms with van der Waals surface area (Å²) in [5.74, 6) is -1.83. The summed E-state index contributed by atoms with van der Waals surface area (Å²) < 4.78 is 5.13. The summed E-state index contributed by atoms with van der Waals surface area (Å²) in [7, 11) is 0. The fourth-order valence-electron chi connectivity index (χ4n) is 1.27. The van der Waals surface area contributed by atoms with E-state index in [1.807, 2.05) is 0 Å². The zero-order chi connectivity index (χ0) is 13.5. The first kappa shape index (κ1) is 13.7. The van der Waals surface area contributed by atoms with E-state index in [0.717, 1.165) is 4.90 Å². The predicted octanol–water partition coefficient (Wildman–Crippen LogP) is -0.149. The topological polar surface area (TPSA) is 113 Å². The third kappa shape index (κ3) is 4.24. The van der Waals surface area contributed by atoms with Gasteiger partial charge in [-0.15, -0.1) is 0 Å². The minimum atomic E-state index is -1.15. The Balaban J connectivity index is 2.92. The number of ether oxygens (including phenoxy) is 1. The molecule has 0 atom stereocenters. The number of hydrogen-bond acceptors (Lipinski definition) is 6. The Morgan fingerprint density at radius 1 is 1.28 bits per heavy atom. The highest BCUT2D eigenvalue weighted by Crippen LogP contribution is 2.15. The van der Waals surface area contributed by atoms with Gasteiger partial charge in [-0.1, -0.05) is 0 Å². The maximum atomic E-state index is 10.7. The Bertz CT molecular complexity index is 421. The van der Waals surface area contributed by atoms with E-state index in [0.29, 0.717) is 6.61 Å². The maximum Gasteiger partial charge on any atom is 0.323 e. The summed E-state index contributed by atoms with van der Waals surface area (Å²) in [5, 5.41) is 17.4. The van der Waals surface area contributed by atoms with Crippen LogP contribution in [0.1, 0.15) is 6.92 Å². The molecule has 1 rings (SSSR count). The van der Waals surface area contributed by atoms with Crippen LogP contribution in [0.25, 0.3) is 0 Å². The van der Waals surface area contributed by atoms with Gasteiger partial charge in [0.25, 0.3) is 0 Å². The van der Waals surface area contributed by atoms with Gasteiger partial charge in [-0.25, -0.2) is 9.97 Å². The average molecular weight is 255 g/mol. The summed E-state index contributed by atoms with van der Waals surface area (Å²) in [5.41, 5.74) is 0. The van der Waals surface area contributed by atoms with Crippen LogP contribution in [-0.4, -0.2) is 51.8 Å². The molecule has 1 aromatic heterocycles. The van der Waals surface area contributed by atoms with Crippen LogP contribution in [0.4, 0.5) is 5.82 Å². The van der Waals surface area contributed by atoms with Crippen molar-refractivity contribution in [2.24, 2.45) is 0 Å². The maximum absolute atomic E-state index is 10.7. The van der Waals surface area contributed by atoms with Crippen molar-refractivity contribution in [3.8, 4) is 5.88 Å². The van der Waals surface area contributed by atoms with Crippen LogP contribution in [-0.2, 0) is 9.59 Å². The van der Waals surface area contributed by atoms with Crippen molar-refractivity contribution < 1.29 is 24.5 Å². The summed E-state index contributed by atoms with van der Waals surface area (Å²) in [4.78, 5) is 30.1. The molecule has 0 spiro atoms. The molecule has 0 aliphatic heterocycles. The zero-order valence-electron chi connectivity index (χ0n) is 9.74. The number of carbonyl (C=O) groups is 2. The molecule has 0 bridgehead atoms. The van der Waals surface area contributed by atoms with Crippen LogP contribution in [0, 0.1) is 0 Å². The van der Waals surface area contributed by atoms with Crippen molar-refractivity contribution in [3.05, 3.63) is 12.4 Å². The molecule has 0 radical (unpaired) electrons. The van der Waals surface area contributed by atoms with E-state index < -0.39 is 25.0 Å². The third-order valence-electron chi connectivity index (χ3n) is 1.90. The van der Waals surface area contributed by atoms with E-state index >= 15 is 0 Å². The van der Waals surface area contributed by atoms with Crippen LogP contribution < -0.4 is 9.64 Å². The van der Waals surface area contributed by atoms with Gasteiger partial charge >= 0.3 is 11.9 Å². The molecule has 0 aliphatic rings. The normalized spacial score (nSPS) is 9.83. The molecular formula is C10H13N3O5. The first-order valence-electron chi connectivity index (χ1n) is 5.16. The number of hydrogen-bond donors (Lipinski definition) is 2. The molecule has 0 unspecified atom stereocenters. The number of anilines is 1. The Kier molecular flexibility index (Phi) is 4.85. The van der Waals surface area contributed by atoms with Crippen LogP contribution >= 0.6 is 0 Å². The molecule has 18 heavy (non-hydrogen) atoms. The van der Waals surface area contributed by atoms with Gasteiger partial charge in [0.1, 0.15) is 25.2 Å². The zero-order valence-corrected chi connectivity index (χ0v) is 9.74. The van der Waals surface area contributed by atoms with Gasteiger partial charge in [0.05, 0.1) is 6.61 Å². The van der Waals surface area contributed by atoms with Crippen molar-refractivity contribution in [1.29, 1.82) is 0 Å². The second kappa shape index (κ2) is 6.38. The van der Waals surface area contributed by atoms with E-state index in [-0.39, 0.29) is 11.7 Å². The van der Waals surface area contributed by atoms with E-state index in [9.17, 15) is 9.59 Å². The molecule has 0 fully saturated rings. The highest BCUT2D eigenvalue weighted by atomic mass is 16.5. The average Bonchev–Trinajstić information content (AvgIpc) is 2.28. The quantitative estimate of drug-likeness (QED) is 0.691. The lowest BCUT2D eigenvalue weighted by Gasteiger charge is -2.19. The Hall–Kier alpha value is -2.38. The molecule has 1 heterocycles. The van der Waals surface area contributed by atoms with Crippen LogP contribution in [0.15, 0.2) is 12.4 Å². The van der Waals surface area contributed by atoms with Crippen molar-refractivity contribution >= 4 is 17.8 Å². The molecule has 1 aromatic rings.